The largest absolute Gasteiger partial charge is 0.475 e. The Labute approximate surface area is 98.7 Å². The van der Waals surface area contributed by atoms with Crippen molar-refractivity contribution in [2.24, 2.45) is 0 Å². The van der Waals surface area contributed by atoms with Crippen molar-refractivity contribution < 1.29 is 14.4 Å². The Bertz CT molecular complexity index is 374. The Hall–Kier alpha value is -1.69. The van der Waals surface area contributed by atoms with Crippen LogP contribution in [0.5, 0.6) is 5.88 Å². The molecule has 2 heterocycles. The third kappa shape index (κ3) is 3.39. The predicted molar refractivity (Wildman–Crippen MR) is 60.0 cm³/mol. The lowest BCUT2D eigenvalue weighted by Gasteiger charge is -2.22. The first kappa shape index (κ1) is 11.8. The van der Waals surface area contributed by atoms with Gasteiger partial charge in [-0.05, 0) is 19.3 Å². The summed E-state index contributed by atoms with van der Waals surface area (Å²) in [6.45, 7) is 1.23. The molecule has 0 unspecified atom stereocenters. The van der Waals surface area contributed by atoms with Crippen molar-refractivity contribution in [2.75, 3.05) is 13.2 Å². The van der Waals surface area contributed by atoms with Crippen LogP contribution < -0.4 is 4.74 Å². The van der Waals surface area contributed by atoms with Crippen LogP contribution in [-0.2, 0) is 4.74 Å². The lowest BCUT2D eigenvalue weighted by Crippen LogP contribution is -2.25. The van der Waals surface area contributed by atoms with Crippen molar-refractivity contribution in [1.29, 1.82) is 0 Å². The maximum Gasteiger partial charge on any atom is 0.287 e. The minimum atomic E-state index is -0.485. The molecule has 1 aromatic heterocycles. The highest BCUT2D eigenvalue weighted by Gasteiger charge is 2.15. The zero-order valence-corrected chi connectivity index (χ0v) is 9.37. The minimum absolute atomic E-state index is 0.0359. The summed E-state index contributed by atoms with van der Waals surface area (Å²) in [5.74, 6) is 0.393. The normalized spacial score (nSPS) is 19.9. The van der Waals surface area contributed by atoms with Gasteiger partial charge in [-0.15, -0.1) is 0 Å². The second kappa shape index (κ2) is 5.58. The molecule has 0 radical (unpaired) electrons. The molecule has 1 aromatic rings. The van der Waals surface area contributed by atoms with Crippen LogP contribution in [-0.4, -0.2) is 29.2 Å². The van der Waals surface area contributed by atoms with Crippen LogP contribution in [0.25, 0.3) is 0 Å². The number of hydrogen-bond donors (Lipinski definition) is 0. The second-order valence-corrected chi connectivity index (χ2v) is 3.91. The molecule has 6 heteroatoms. The van der Waals surface area contributed by atoms with E-state index in [0.29, 0.717) is 12.5 Å². The SMILES string of the molecule is O=[N+]([O-])c1ccc(OC[C@H]2CCCCO2)nc1. The summed E-state index contributed by atoms with van der Waals surface area (Å²) < 4.78 is 10.9. The molecule has 0 bridgehead atoms. The molecule has 1 aliphatic heterocycles. The van der Waals surface area contributed by atoms with Gasteiger partial charge < -0.3 is 9.47 Å². The standard InChI is InChI=1S/C11H14N2O4/c14-13(15)9-4-5-11(12-7-9)17-8-10-3-1-2-6-16-10/h4-5,7,10H,1-3,6,8H2/t10-/m1/s1. The fraction of sp³-hybridized carbons (Fsp3) is 0.545. The van der Waals surface area contributed by atoms with Crippen molar-refractivity contribution in [1.82, 2.24) is 4.98 Å². The molecule has 0 N–H and O–H groups in total. The molecule has 0 amide bonds. The zero-order valence-electron chi connectivity index (χ0n) is 9.37. The Morgan fingerprint density at radius 3 is 3.00 bits per heavy atom. The molecule has 92 valence electrons. The fourth-order valence-corrected chi connectivity index (χ4v) is 1.68. The van der Waals surface area contributed by atoms with E-state index in [9.17, 15) is 10.1 Å². The van der Waals surface area contributed by atoms with Gasteiger partial charge in [-0.3, -0.25) is 10.1 Å². The van der Waals surface area contributed by atoms with Gasteiger partial charge in [0.05, 0.1) is 11.0 Å². The summed E-state index contributed by atoms with van der Waals surface area (Å²) in [5, 5.41) is 10.4. The van der Waals surface area contributed by atoms with E-state index in [1.165, 1.54) is 18.3 Å². The van der Waals surface area contributed by atoms with Gasteiger partial charge in [0.2, 0.25) is 5.88 Å². The molecule has 2 rings (SSSR count). The van der Waals surface area contributed by atoms with Gasteiger partial charge in [-0.2, -0.15) is 0 Å². The summed E-state index contributed by atoms with van der Waals surface area (Å²) in [6.07, 6.45) is 4.55. The summed E-state index contributed by atoms with van der Waals surface area (Å²) >= 11 is 0. The van der Waals surface area contributed by atoms with E-state index in [1.807, 2.05) is 0 Å². The first-order valence-electron chi connectivity index (χ1n) is 5.60. The van der Waals surface area contributed by atoms with E-state index < -0.39 is 4.92 Å². The van der Waals surface area contributed by atoms with Gasteiger partial charge in [0.1, 0.15) is 12.8 Å². The molecule has 1 fully saturated rings. The van der Waals surface area contributed by atoms with Crippen LogP contribution >= 0.6 is 0 Å². The summed E-state index contributed by atoms with van der Waals surface area (Å²) in [4.78, 5) is 13.8. The van der Waals surface area contributed by atoms with E-state index in [1.54, 1.807) is 0 Å². The van der Waals surface area contributed by atoms with Crippen molar-refractivity contribution >= 4 is 5.69 Å². The Morgan fingerprint density at radius 2 is 2.41 bits per heavy atom. The van der Waals surface area contributed by atoms with Crippen LogP contribution in [0.4, 0.5) is 5.69 Å². The summed E-state index contributed by atoms with van der Waals surface area (Å²) in [7, 11) is 0. The number of hydrogen-bond acceptors (Lipinski definition) is 5. The van der Waals surface area contributed by atoms with Crippen LogP contribution in [0.15, 0.2) is 18.3 Å². The molecule has 17 heavy (non-hydrogen) atoms. The lowest BCUT2D eigenvalue weighted by molar-refractivity contribution is -0.385. The highest BCUT2D eigenvalue weighted by atomic mass is 16.6. The van der Waals surface area contributed by atoms with E-state index >= 15 is 0 Å². The van der Waals surface area contributed by atoms with Crippen LogP contribution in [0.2, 0.25) is 0 Å². The molecule has 1 saturated heterocycles. The van der Waals surface area contributed by atoms with Crippen LogP contribution in [0, 0.1) is 10.1 Å². The van der Waals surface area contributed by atoms with E-state index in [0.717, 1.165) is 25.9 Å². The second-order valence-electron chi connectivity index (χ2n) is 3.91. The first-order valence-corrected chi connectivity index (χ1v) is 5.60. The summed E-state index contributed by atoms with van der Waals surface area (Å²) in [5.41, 5.74) is -0.0359. The Balaban J connectivity index is 1.84. The molecular formula is C11H14N2O4. The van der Waals surface area contributed by atoms with Gasteiger partial charge in [0.25, 0.3) is 5.69 Å². The van der Waals surface area contributed by atoms with Gasteiger partial charge >= 0.3 is 0 Å². The number of nitro groups is 1. The lowest BCUT2D eigenvalue weighted by atomic mass is 10.1. The van der Waals surface area contributed by atoms with Gasteiger partial charge in [-0.25, -0.2) is 4.98 Å². The maximum absolute atomic E-state index is 10.4. The zero-order chi connectivity index (χ0) is 12.1. The highest BCUT2D eigenvalue weighted by molar-refractivity contribution is 5.28. The quantitative estimate of drug-likeness (QED) is 0.592. The third-order valence-electron chi connectivity index (χ3n) is 2.62. The number of rotatable bonds is 4. The van der Waals surface area contributed by atoms with Gasteiger partial charge in [-0.1, -0.05) is 0 Å². The average molecular weight is 238 g/mol. The van der Waals surface area contributed by atoms with E-state index in [-0.39, 0.29) is 11.8 Å². The molecule has 6 nitrogen and oxygen atoms in total. The smallest absolute Gasteiger partial charge is 0.287 e. The number of pyridine rings is 1. The average Bonchev–Trinajstić information content (AvgIpc) is 2.38. The topological polar surface area (TPSA) is 74.5 Å². The number of aromatic nitrogens is 1. The van der Waals surface area contributed by atoms with E-state index in [4.69, 9.17) is 9.47 Å². The number of nitrogens with zero attached hydrogens (tertiary/aromatic N) is 2. The van der Waals surface area contributed by atoms with Crippen LogP contribution in [0.3, 0.4) is 0 Å². The molecule has 1 aliphatic rings. The molecular weight excluding hydrogens is 224 g/mol. The van der Waals surface area contributed by atoms with Crippen molar-refractivity contribution in [3.8, 4) is 5.88 Å². The molecule has 0 saturated carbocycles. The fourth-order valence-electron chi connectivity index (χ4n) is 1.68. The Kier molecular flexibility index (Phi) is 3.87. The molecule has 0 aromatic carbocycles. The number of ether oxygens (including phenoxy) is 2. The first-order chi connectivity index (χ1) is 8.25. The van der Waals surface area contributed by atoms with E-state index in [2.05, 4.69) is 4.98 Å². The monoisotopic (exact) mass is 238 g/mol. The summed E-state index contributed by atoms with van der Waals surface area (Å²) in [6, 6.07) is 2.88. The van der Waals surface area contributed by atoms with Crippen molar-refractivity contribution in [2.45, 2.75) is 25.4 Å². The van der Waals surface area contributed by atoms with Crippen LogP contribution in [0.1, 0.15) is 19.3 Å². The molecule has 0 aliphatic carbocycles. The van der Waals surface area contributed by atoms with Gasteiger partial charge in [0, 0.05) is 18.7 Å². The predicted octanol–water partition coefficient (Wildman–Crippen LogP) is 1.94. The molecule has 0 spiro atoms. The van der Waals surface area contributed by atoms with Crippen molar-refractivity contribution in [3.05, 3.63) is 28.4 Å². The third-order valence-corrected chi connectivity index (χ3v) is 2.62. The van der Waals surface area contributed by atoms with Gasteiger partial charge in [0.15, 0.2) is 0 Å². The maximum atomic E-state index is 10.4. The highest BCUT2D eigenvalue weighted by Crippen LogP contribution is 2.16. The minimum Gasteiger partial charge on any atom is -0.475 e. The Morgan fingerprint density at radius 1 is 1.53 bits per heavy atom. The van der Waals surface area contributed by atoms with Crippen molar-refractivity contribution in [3.63, 3.8) is 0 Å². The molecule has 1 atom stereocenters.